The van der Waals surface area contributed by atoms with Gasteiger partial charge in [-0.2, -0.15) is 0 Å². The Morgan fingerprint density at radius 2 is 1.46 bits per heavy atom. The van der Waals surface area contributed by atoms with Gasteiger partial charge in [0.25, 0.3) is 0 Å². The van der Waals surface area contributed by atoms with Gasteiger partial charge in [0.2, 0.25) is 0 Å². The first-order chi connectivity index (χ1) is 13.8. The first-order valence-electron chi connectivity index (χ1n) is 10.9. The van der Waals surface area contributed by atoms with Crippen LogP contribution in [0.15, 0.2) is 60.7 Å². The fourth-order valence-electron chi connectivity index (χ4n) is 3.97. The van der Waals surface area contributed by atoms with Crippen LogP contribution in [-0.2, 0) is 17.7 Å². The predicted octanol–water partition coefficient (Wildman–Crippen LogP) is 4.62. The van der Waals surface area contributed by atoms with Gasteiger partial charge in [-0.1, -0.05) is 60.7 Å². The molecular weight excluding hydrogens is 344 g/mol. The number of benzene rings is 2. The first kappa shape index (κ1) is 21.0. The zero-order valence-electron chi connectivity index (χ0n) is 17.4. The smallest absolute Gasteiger partial charge is 0.0599 e. The van der Waals surface area contributed by atoms with Crippen LogP contribution in [0.4, 0.5) is 0 Å². The monoisotopic (exact) mass is 380 g/mol. The molecule has 0 atom stereocenters. The van der Waals surface area contributed by atoms with Gasteiger partial charge in [0, 0.05) is 32.8 Å². The van der Waals surface area contributed by atoms with E-state index in [1.165, 1.54) is 36.8 Å². The lowest BCUT2D eigenvalue weighted by atomic mass is 10.1. The summed E-state index contributed by atoms with van der Waals surface area (Å²) in [6.45, 7) is 6.56. The standard InChI is InChI=1S/C25H36N2O/c1-26(17-8-14-23-10-4-2-5-11-23)18-9-21-28-25-15-19-27(20-16-25)22-24-12-6-3-7-13-24/h2-7,10-13,25H,8-9,14-22H2,1H3. The molecular formula is C25H36N2O. The number of ether oxygens (including phenoxy) is 1. The molecule has 0 bridgehead atoms. The molecule has 3 heteroatoms. The second kappa shape index (κ2) is 12.0. The summed E-state index contributed by atoms with van der Waals surface area (Å²) < 4.78 is 6.15. The Labute approximate surface area is 171 Å². The SMILES string of the molecule is CN(CCCOC1CCN(Cc2ccccc2)CC1)CCCc1ccccc1. The van der Waals surface area contributed by atoms with Crippen LogP contribution in [0.3, 0.4) is 0 Å². The van der Waals surface area contributed by atoms with Gasteiger partial charge in [-0.3, -0.25) is 4.90 Å². The molecule has 1 heterocycles. The maximum absolute atomic E-state index is 6.15. The van der Waals surface area contributed by atoms with Crippen molar-refractivity contribution in [1.29, 1.82) is 0 Å². The van der Waals surface area contributed by atoms with E-state index in [0.717, 1.165) is 45.8 Å². The van der Waals surface area contributed by atoms with E-state index in [2.05, 4.69) is 77.5 Å². The van der Waals surface area contributed by atoms with Crippen LogP contribution in [0.5, 0.6) is 0 Å². The molecule has 0 aromatic heterocycles. The fourth-order valence-corrected chi connectivity index (χ4v) is 3.97. The highest BCUT2D eigenvalue weighted by atomic mass is 16.5. The summed E-state index contributed by atoms with van der Waals surface area (Å²) in [5.41, 5.74) is 2.86. The molecule has 152 valence electrons. The third kappa shape index (κ3) is 7.75. The van der Waals surface area contributed by atoms with E-state index in [0.29, 0.717) is 6.10 Å². The molecule has 1 fully saturated rings. The van der Waals surface area contributed by atoms with Crippen LogP contribution in [0, 0.1) is 0 Å². The van der Waals surface area contributed by atoms with Gasteiger partial charge in [0.1, 0.15) is 0 Å². The van der Waals surface area contributed by atoms with Crippen LogP contribution < -0.4 is 0 Å². The van der Waals surface area contributed by atoms with E-state index in [1.807, 2.05) is 0 Å². The number of likely N-dealkylation sites (tertiary alicyclic amines) is 1. The van der Waals surface area contributed by atoms with Gasteiger partial charge < -0.3 is 9.64 Å². The summed E-state index contributed by atoms with van der Waals surface area (Å²) >= 11 is 0. The Kier molecular flexibility index (Phi) is 9.02. The van der Waals surface area contributed by atoms with E-state index < -0.39 is 0 Å². The van der Waals surface area contributed by atoms with Crippen molar-refractivity contribution in [2.75, 3.05) is 39.8 Å². The average molecular weight is 381 g/mol. The van der Waals surface area contributed by atoms with Crippen molar-refractivity contribution < 1.29 is 4.74 Å². The van der Waals surface area contributed by atoms with Crippen molar-refractivity contribution in [3.63, 3.8) is 0 Å². The fraction of sp³-hybridized carbons (Fsp3) is 0.520. The average Bonchev–Trinajstić information content (AvgIpc) is 2.74. The molecule has 2 aromatic carbocycles. The van der Waals surface area contributed by atoms with E-state index in [4.69, 9.17) is 4.74 Å². The lowest BCUT2D eigenvalue weighted by molar-refractivity contribution is 0.00289. The second-order valence-corrected chi connectivity index (χ2v) is 8.08. The highest BCUT2D eigenvalue weighted by molar-refractivity contribution is 5.15. The maximum Gasteiger partial charge on any atom is 0.0599 e. The van der Waals surface area contributed by atoms with Crippen molar-refractivity contribution in [2.24, 2.45) is 0 Å². The van der Waals surface area contributed by atoms with E-state index in [9.17, 15) is 0 Å². The minimum atomic E-state index is 0.454. The molecule has 0 radical (unpaired) electrons. The molecule has 0 unspecified atom stereocenters. The molecule has 28 heavy (non-hydrogen) atoms. The van der Waals surface area contributed by atoms with Gasteiger partial charge >= 0.3 is 0 Å². The molecule has 3 nitrogen and oxygen atoms in total. The third-order valence-corrected chi connectivity index (χ3v) is 5.67. The molecule has 1 saturated heterocycles. The third-order valence-electron chi connectivity index (χ3n) is 5.67. The summed E-state index contributed by atoms with van der Waals surface area (Å²) in [4.78, 5) is 4.99. The van der Waals surface area contributed by atoms with Crippen molar-refractivity contribution in [3.05, 3.63) is 71.8 Å². The number of nitrogens with zero attached hydrogens (tertiary/aromatic N) is 2. The molecule has 1 aliphatic heterocycles. The Hall–Kier alpha value is -1.68. The topological polar surface area (TPSA) is 15.7 Å². The quantitative estimate of drug-likeness (QED) is 0.529. The highest BCUT2D eigenvalue weighted by Crippen LogP contribution is 2.16. The number of piperidine rings is 1. The van der Waals surface area contributed by atoms with Crippen molar-refractivity contribution in [2.45, 2.75) is 44.8 Å². The van der Waals surface area contributed by atoms with E-state index >= 15 is 0 Å². The van der Waals surface area contributed by atoms with Crippen LogP contribution in [0.2, 0.25) is 0 Å². The molecule has 0 aliphatic carbocycles. The Balaban J connectivity index is 1.20. The summed E-state index contributed by atoms with van der Waals surface area (Å²) in [7, 11) is 2.23. The van der Waals surface area contributed by atoms with Gasteiger partial charge in [-0.25, -0.2) is 0 Å². The lowest BCUT2D eigenvalue weighted by Crippen LogP contribution is -2.36. The molecule has 0 saturated carbocycles. The molecule has 3 rings (SSSR count). The van der Waals surface area contributed by atoms with Crippen LogP contribution in [0.25, 0.3) is 0 Å². The molecule has 0 amide bonds. The van der Waals surface area contributed by atoms with Crippen LogP contribution in [0.1, 0.15) is 36.8 Å². The number of hydrogen-bond donors (Lipinski definition) is 0. The molecule has 0 spiro atoms. The maximum atomic E-state index is 6.15. The zero-order chi connectivity index (χ0) is 19.4. The minimum Gasteiger partial charge on any atom is -0.378 e. The summed E-state index contributed by atoms with van der Waals surface area (Å²) in [6.07, 6.45) is 6.31. The van der Waals surface area contributed by atoms with Gasteiger partial charge in [-0.05, 0) is 56.8 Å². The molecule has 0 N–H and O–H groups in total. The van der Waals surface area contributed by atoms with E-state index in [-0.39, 0.29) is 0 Å². The normalized spacial score (nSPS) is 15.9. The Morgan fingerprint density at radius 1 is 0.857 bits per heavy atom. The first-order valence-corrected chi connectivity index (χ1v) is 10.9. The number of rotatable bonds is 11. The number of aryl methyl sites for hydroxylation is 1. The molecule has 2 aromatic rings. The van der Waals surface area contributed by atoms with Gasteiger partial charge in [-0.15, -0.1) is 0 Å². The van der Waals surface area contributed by atoms with Gasteiger partial charge in [0.15, 0.2) is 0 Å². The summed E-state index contributed by atoms with van der Waals surface area (Å²) in [5, 5.41) is 0. The zero-order valence-corrected chi connectivity index (χ0v) is 17.4. The Morgan fingerprint density at radius 3 is 2.14 bits per heavy atom. The summed E-state index contributed by atoms with van der Waals surface area (Å²) in [5.74, 6) is 0. The Bertz CT molecular complexity index is 638. The predicted molar refractivity (Wildman–Crippen MR) is 118 cm³/mol. The number of hydrogen-bond acceptors (Lipinski definition) is 3. The van der Waals surface area contributed by atoms with E-state index in [1.54, 1.807) is 0 Å². The largest absolute Gasteiger partial charge is 0.378 e. The highest BCUT2D eigenvalue weighted by Gasteiger charge is 2.19. The van der Waals surface area contributed by atoms with Crippen LogP contribution >= 0.6 is 0 Å². The van der Waals surface area contributed by atoms with Crippen molar-refractivity contribution in [3.8, 4) is 0 Å². The molecule has 1 aliphatic rings. The van der Waals surface area contributed by atoms with Crippen molar-refractivity contribution >= 4 is 0 Å². The van der Waals surface area contributed by atoms with Crippen LogP contribution in [-0.4, -0.2) is 55.7 Å². The summed E-state index contributed by atoms with van der Waals surface area (Å²) in [6, 6.07) is 21.6. The lowest BCUT2D eigenvalue weighted by Gasteiger charge is -2.32. The minimum absolute atomic E-state index is 0.454. The van der Waals surface area contributed by atoms with Crippen molar-refractivity contribution in [1.82, 2.24) is 9.80 Å². The second-order valence-electron chi connectivity index (χ2n) is 8.08. The van der Waals surface area contributed by atoms with Gasteiger partial charge in [0.05, 0.1) is 6.10 Å².